The zero-order valence-electron chi connectivity index (χ0n) is 20.4. The Morgan fingerprint density at radius 1 is 1.11 bits per heavy atom. The smallest absolute Gasteiger partial charge is 0.314 e. The lowest BCUT2D eigenvalue weighted by atomic mass is 9.40. The molecule has 0 amide bonds. The number of Topliss-reactive ketones (excluding diaryl/α,β-unsaturated/α-hetero) is 1. The van der Waals surface area contributed by atoms with Crippen molar-refractivity contribution in [2.24, 2.45) is 34.0 Å². The third kappa shape index (κ3) is 3.49. The van der Waals surface area contributed by atoms with Crippen LogP contribution < -0.4 is 0 Å². The monoisotopic (exact) mass is 494 g/mol. The standard InChI is InChI=1S/C26H38O9/c1-12-8-26-9-13(12)7-14(28)21(26)24(2)5-4-6-25(3,20(24)15(29)10-26)23(33)35-22-19(32)18(31)17(30)16(11-27)34-22/h13-14,16-22,27-28,30-32H,1,4-11H2,2-3H3/t13-,14+,16-,17-,18+,19-,20+,21+,22+,24-,25-,26-/m1/s1. The molecule has 1 heterocycles. The molecule has 5 rings (SSSR count). The molecule has 0 aromatic carbocycles. The molecule has 5 N–H and O–H groups in total. The summed E-state index contributed by atoms with van der Waals surface area (Å²) in [6, 6.07) is 0. The van der Waals surface area contributed by atoms with Gasteiger partial charge >= 0.3 is 5.97 Å². The average Bonchev–Trinajstić information content (AvgIpc) is 3.01. The van der Waals surface area contributed by atoms with Crippen molar-refractivity contribution < 1.29 is 44.6 Å². The van der Waals surface area contributed by atoms with Crippen LogP contribution in [0.2, 0.25) is 0 Å². The van der Waals surface area contributed by atoms with E-state index in [0.29, 0.717) is 32.1 Å². The minimum atomic E-state index is -1.71. The molecule has 0 unspecified atom stereocenters. The zero-order valence-corrected chi connectivity index (χ0v) is 20.4. The largest absolute Gasteiger partial charge is 0.432 e. The van der Waals surface area contributed by atoms with E-state index in [1.807, 2.05) is 6.92 Å². The maximum atomic E-state index is 13.8. The highest BCUT2D eigenvalue weighted by Gasteiger charge is 2.70. The van der Waals surface area contributed by atoms with Crippen molar-refractivity contribution in [2.45, 2.75) is 95.6 Å². The number of fused-ring (bicyclic) bond motifs is 3. The number of esters is 1. The van der Waals surface area contributed by atoms with E-state index >= 15 is 0 Å². The van der Waals surface area contributed by atoms with Crippen LogP contribution in [0, 0.1) is 34.0 Å². The molecule has 1 aliphatic heterocycles. The van der Waals surface area contributed by atoms with Gasteiger partial charge in [-0.05, 0) is 61.7 Å². The van der Waals surface area contributed by atoms with Crippen molar-refractivity contribution in [1.82, 2.24) is 0 Å². The van der Waals surface area contributed by atoms with Crippen molar-refractivity contribution >= 4 is 11.8 Å². The quantitative estimate of drug-likeness (QED) is 0.278. The van der Waals surface area contributed by atoms with Crippen LogP contribution in [0.4, 0.5) is 0 Å². The molecule has 9 heteroatoms. The summed E-state index contributed by atoms with van der Waals surface area (Å²) in [5.41, 5.74) is -1.02. The maximum absolute atomic E-state index is 13.8. The van der Waals surface area contributed by atoms with Gasteiger partial charge in [0.15, 0.2) is 0 Å². The molecule has 0 radical (unpaired) electrons. The van der Waals surface area contributed by atoms with Crippen molar-refractivity contribution in [3.63, 3.8) is 0 Å². The highest BCUT2D eigenvalue weighted by Crippen LogP contribution is 2.71. The number of aliphatic hydroxyl groups excluding tert-OH is 5. The number of hydrogen-bond acceptors (Lipinski definition) is 9. The van der Waals surface area contributed by atoms with Gasteiger partial charge in [-0.1, -0.05) is 25.5 Å². The van der Waals surface area contributed by atoms with Gasteiger partial charge in [0, 0.05) is 12.3 Å². The third-order valence-electron chi connectivity index (χ3n) is 10.2. The summed E-state index contributed by atoms with van der Waals surface area (Å²) in [6.07, 6.45) is -3.99. The third-order valence-corrected chi connectivity index (χ3v) is 10.2. The molecule has 4 aliphatic carbocycles. The highest BCUT2D eigenvalue weighted by molar-refractivity contribution is 5.91. The van der Waals surface area contributed by atoms with Crippen molar-refractivity contribution in [1.29, 1.82) is 0 Å². The molecular formula is C26H38O9. The van der Waals surface area contributed by atoms with E-state index in [-0.39, 0.29) is 23.0 Å². The van der Waals surface area contributed by atoms with E-state index in [2.05, 4.69) is 6.58 Å². The van der Waals surface area contributed by atoms with Gasteiger partial charge in [0.25, 0.3) is 0 Å². The Morgan fingerprint density at radius 3 is 2.51 bits per heavy atom. The Labute approximate surface area is 205 Å². The zero-order chi connectivity index (χ0) is 25.5. The Kier molecular flexibility index (Phi) is 6.02. The number of allylic oxidation sites excluding steroid dienone is 1. The molecule has 5 fully saturated rings. The summed E-state index contributed by atoms with van der Waals surface area (Å²) in [6.45, 7) is 7.34. The minimum absolute atomic E-state index is 0.000692. The minimum Gasteiger partial charge on any atom is -0.432 e. The lowest BCUT2D eigenvalue weighted by molar-refractivity contribution is -0.297. The number of hydrogen-bond donors (Lipinski definition) is 5. The summed E-state index contributed by atoms with van der Waals surface area (Å²) >= 11 is 0. The van der Waals surface area contributed by atoms with Crippen LogP contribution in [0.1, 0.15) is 58.8 Å². The molecule has 1 spiro atoms. The Hall–Kier alpha value is -1.36. The van der Waals surface area contributed by atoms with Crippen LogP contribution in [0.15, 0.2) is 12.2 Å². The van der Waals surface area contributed by atoms with Gasteiger partial charge in [0.1, 0.15) is 30.2 Å². The fourth-order valence-electron chi connectivity index (χ4n) is 8.99. The molecule has 1 saturated heterocycles. The molecule has 9 nitrogen and oxygen atoms in total. The number of aliphatic hydroxyl groups is 5. The molecule has 12 atom stereocenters. The summed E-state index contributed by atoms with van der Waals surface area (Å²) in [5, 5.41) is 51.2. The normalized spacial score (nSPS) is 53.6. The lowest BCUT2D eigenvalue weighted by Crippen LogP contribution is -2.65. The first-order valence-corrected chi connectivity index (χ1v) is 12.8. The van der Waals surface area contributed by atoms with E-state index < -0.39 is 66.1 Å². The SMILES string of the molecule is C=C1C[C@@]23CC(=O)[C@H]4[C@@](C)(CCC[C@@]4(C)C(=O)O[C@@H]4O[C@H](CO)[C@@H](O)[C@H](O)[C@H]4O)[C@@H]2[C@@H](O)C[C@@H]1C3. The van der Waals surface area contributed by atoms with Crippen LogP contribution in [0.3, 0.4) is 0 Å². The Balaban J connectivity index is 1.45. The summed E-state index contributed by atoms with van der Waals surface area (Å²) in [4.78, 5) is 27.5. The van der Waals surface area contributed by atoms with Gasteiger partial charge < -0.3 is 35.0 Å². The Bertz CT molecular complexity index is 918. The van der Waals surface area contributed by atoms with Gasteiger partial charge in [-0.3, -0.25) is 9.59 Å². The molecule has 196 valence electrons. The van der Waals surface area contributed by atoms with E-state index in [9.17, 15) is 35.1 Å². The van der Waals surface area contributed by atoms with Crippen LogP contribution in [-0.4, -0.2) is 80.7 Å². The first-order chi connectivity index (χ1) is 16.4. The fraction of sp³-hybridized carbons (Fsp3) is 0.846. The molecule has 4 saturated carbocycles. The van der Waals surface area contributed by atoms with Gasteiger partial charge in [-0.15, -0.1) is 0 Å². The van der Waals surface area contributed by atoms with E-state index in [0.717, 1.165) is 18.4 Å². The van der Waals surface area contributed by atoms with Crippen LogP contribution >= 0.6 is 0 Å². The van der Waals surface area contributed by atoms with E-state index in [1.54, 1.807) is 6.92 Å². The van der Waals surface area contributed by atoms with E-state index in [1.165, 1.54) is 0 Å². The Morgan fingerprint density at radius 2 is 1.83 bits per heavy atom. The lowest BCUT2D eigenvalue weighted by Gasteiger charge is -2.63. The molecule has 5 aliphatic rings. The van der Waals surface area contributed by atoms with Gasteiger partial charge in [0.2, 0.25) is 6.29 Å². The van der Waals surface area contributed by atoms with Crippen molar-refractivity contribution in [2.75, 3.05) is 6.61 Å². The second kappa shape index (κ2) is 8.33. The van der Waals surface area contributed by atoms with Crippen molar-refractivity contribution in [3.05, 3.63) is 12.2 Å². The number of carbonyl (C=O) groups excluding carboxylic acids is 2. The van der Waals surface area contributed by atoms with E-state index in [4.69, 9.17) is 9.47 Å². The average molecular weight is 495 g/mol. The predicted molar refractivity (Wildman–Crippen MR) is 121 cm³/mol. The van der Waals surface area contributed by atoms with Crippen LogP contribution in [0.25, 0.3) is 0 Å². The summed E-state index contributed by atoms with van der Waals surface area (Å²) in [5.74, 6) is -1.29. The molecule has 0 aromatic rings. The van der Waals surface area contributed by atoms with Crippen LogP contribution in [0.5, 0.6) is 0 Å². The summed E-state index contributed by atoms with van der Waals surface area (Å²) in [7, 11) is 0. The molecule has 2 bridgehead atoms. The predicted octanol–water partition coefficient (Wildman–Crippen LogP) is 0.448. The summed E-state index contributed by atoms with van der Waals surface area (Å²) < 4.78 is 10.9. The number of carbonyl (C=O) groups is 2. The number of rotatable bonds is 3. The van der Waals surface area contributed by atoms with Crippen LogP contribution in [-0.2, 0) is 19.1 Å². The fourth-order valence-corrected chi connectivity index (χ4v) is 8.99. The second-order valence-corrected chi connectivity index (χ2v) is 12.3. The number of ether oxygens (including phenoxy) is 2. The van der Waals surface area contributed by atoms with Gasteiger partial charge in [0.05, 0.1) is 18.1 Å². The van der Waals surface area contributed by atoms with Crippen molar-refractivity contribution in [3.8, 4) is 0 Å². The maximum Gasteiger partial charge on any atom is 0.314 e. The van der Waals surface area contributed by atoms with Gasteiger partial charge in [-0.2, -0.15) is 0 Å². The first kappa shape index (κ1) is 25.3. The molecule has 0 aromatic heterocycles. The molecular weight excluding hydrogens is 456 g/mol. The van der Waals surface area contributed by atoms with Gasteiger partial charge in [-0.25, -0.2) is 0 Å². The molecule has 35 heavy (non-hydrogen) atoms. The first-order valence-electron chi connectivity index (χ1n) is 12.8. The highest BCUT2D eigenvalue weighted by atomic mass is 16.7. The number of ketones is 1. The second-order valence-electron chi connectivity index (χ2n) is 12.3. The topological polar surface area (TPSA) is 154 Å².